The summed E-state index contributed by atoms with van der Waals surface area (Å²) in [5.74, 6) is 1.31. The Morgan fingerprint density at radius 3 is 1.76 bits per heavy atom. The molecule has 15 rings (SSSR count). The average molecular weight is 996 g/mol. The van der Waals surface area contributed by atoms with E-state index in [2.05, 4.69) is 273 Å². The number of nitrogens with zero attached hydrogens (tertiary/aromatic N) is 3. The first-order valence-corrected chi connectivity index (χ1v) is 27.4. The first-order chi connectivity index (χ1) is 38.2. The van der Waals surface area contributed by atoms with Crippen LogP contribution < -0.4 is 42.8 Å². The van der Waals surface area contributed by atoms with Crippen LogP contribution in [0.4, 0.5) is 22.7 Å². The molecule has 0 amide bonds. The van der Waals surface area contributed by atoms with Gasteiger partial charge in [-0.1, -0.05) is 187 Å². The molecule has 0 radical (unpaired) electrons. The summed E-state index contributed by atoms with van der Waals surface area (Å²) in [5.41, 5.74) is 35.6. The van der Waals surface area contributed by atoms with Crippen molar-refractivity contribution >= 4 is 122 Å². The van der Waals surface area contributed by atoms with E-state index >= 15 is 0 Å². The van der Waals surface area contributed by atoms with Gasteiger partial charge >= 0.3 is 0 Å². The summed E-state index contributed by atoms with van der Waals surface area (Å²) < 4.78 is 9.36. The smallest absolute Gasteiger partial charge is 0.139 e. The van der Waals surface area contributed by atoms with Crippen LogP contribution in [0, 0.1) is 0 Å². The monoisotopic (exact) mass is 996 g/mol. The maximum atomic E-state index is 7.85. The molecular formula is C68H53B5N4O. The minimum absolute atomic E-state index is 0.262. The molecule has 4 aliphatic rings. The van der Waals surface area contributed by atoms with Gasteiger partial charge in [0.15, 0.2) is 0 Å². The van der Waals surface area contributed by atoms with Crippen LogP contribution in [0.5, 0.6) is 0 Å². The zero-order valence-electron chi connectivity index (χ0n) is 44.8. The lowest BCUT2D eigenvalue weighted by molar-refractivity contribution is 0.480. The van der Waals surface area contributed by atoms with Crippen molar-refractivity contribution in [2.75, 3.05) is 9.80 Å². The first kappa shape index (κ1) is 46.3. The number of benzene rings is 9. The summed E-state index contributed by atoms with van der Waals surface area (Å²) >= 11 is 0. The van der Waals surface area contributed by atoms with Gasteiger partial charge in [-0.25, -0.2) is 0 Å². The lowest BCUT2D eigenvalue weighted by Gasteiger charge is -2.46. The van der Waals surface area contributed by atoms with Gasteiger partial charge in [0.2, 0.25) is 0 Å². The van der Waals surface area contributed by atoms with E-state index in [-0.39, 0.29) is 12.1 Å². The van der Waals surface area contributed by atoms with Crippen molar-refractivity contribution in [3.8, 4) is 33.4 Å². The van der Waals surface area contributed by atoms with Gasteiger partial charge in [0.1, 0.15) is 57.0 Å². The minimum Gasteiger partial charge on any atom is -0.468 e. The van der Waals surface area contributed by atoms with Gasteiger partial charge in [-0.05, 0) is 99.0 Å². The number of rotatable bonds is 6. The summed E-state index contributed by atoms with van der Waals surface area (Å²) in [6.45, 7) is 2.26. The molecule has 0 saturated heterocycles. The Kier molecular flexibility index (Phi) is 10.2. The van der Waals surface area contributed by atoms with E-state index in [0.29, 0.717) is 5.82 Å². The molecule has 11 aromatic rings. The summed E-state index contributed by atoms with van der Waals surface area (Å²) in [7, 11) is 11.5. The fourth-order valence-corrected chi connectivity index (χ4v) is 14.4. The Hall–Kier alpha value is -9.00. The van der Waals surface area contributed by atoms with Crippen molar-refractivity contribution in [2.24, 2.45) is 5.73 Å². The maximum absolute atomic E-state index is 7.85. The first-order valence-electron chi connectivity index (χ1n) is 27.4. The zero-order valence-corrected chi connectivity index (χ0v) is 44.8. The van der Waals surface area contributed by atoms with Crippen molar-refractivity contribution in [1.82, 2.24) is 4.57 Å². The Balaban J connectivity index is 1.15. The zero-order chi connectivity index (χ0) is 52.7. The molecule has 9 aromatic carbocycles. The Labute approximate surface area is 460 Å². The fraction of sp³-hybridized carbons (Fsp3) is 0.0588. The molecule has 1 spiro atoms. The van der Waals surface area contributed by atoms with E-state index in [9.17, 15) is 0 Å². The van der Waals surface area contributed by atoms with Gasteiger partial charge in [0.25, 0.3) is 0 Å². The number of allylic oxidation sites excluding steroid dienone is 4. The van der Waals surface area contributed by atoms with Gasteiger partial charge in [-0.2, -0.15) is 0 Å². The third kappa shape index (κ3) is 6.31. The molecule has 0 fully saturated rings. The van der Waals surface area contributed by atoms with Crippen LogP contribution in [-0.2, 0) is 5.41 Å². The van der Waals surface area contributed by atoms with E-state index < -0.39 is 5.41 Å². The molecule has 1 aliphatic carbocycles. The number of nitrogens with two attached hydrogens (primary N) is 1. The summed E-state index contributed by atoms with van der Waals surface area (Å²) in [4.78, 5) is 5.41. The van der Waals surface area contributed by atoms with E-state index in [4.69, 9.17) is 10.2 Å². The lowest BCUT2D eigenvalue weighted by atomic mass is 9.59. The number of hydrogen-bond donors (Lipinski definition) is 1. The van der Waals surface area contributed by atoms with Crippen molar-refractivity contribution in [3.05, 3.63) is 258 Å². The van der Waals surface area contributed by atoms with Crippen molar-refractivity contribution in [1.29, 1.82) is 0 Å². The van der Waals surface area contributed by atoms with Gasteiger partial charge in [0, 0.05) is 33.2 Å². The second-order valence-electron chi connectivity index (χ2n) is 22.0. The number of aromatic nitrogens is 1. The van der Waals surface area contributed by atoms with Crippen molar-refractivity contribution in [3.63, 3.8) is 0 Å². The summed E-state index contributed by atoms with van der Waals surface area (Å²) in [5, 5.41) is 2.32. The quantitative estimate of drug-likeness (QED) is 0.173. The van der Waals surface area contributed by atoms with Crippen LogP contribution in [0.25, 0.3) is 66.6 Å². The molecule has 10 heteroatoms. The third-order valence-corrected chi connectivity index (χ3v) is 18.2. The van der Waals surface area contributed by atoms with Crippen LogP contribution >= 0.6 is 0 Å². The van der Waals surface area contributed by atoms with Crippen LogP contribution in [0.2, 0.25) is 0 Å². The molecule has 2 N–H and O–H groups in total. The topological polar surface area (TPSA) is 50.6 Å². The molecule has 366 valence electrons. The number of para-hydroxylation sites is 4. The van der Waals surface area contributed by atoms with E-state index in [1.165, 1.54) is 60.8 Å². The van der Waals surface area contributed by atoms with Crippen LogP contribution in [0.15, 0.2) is 229 Å². The highest BCUT2D eigenvalue weighted by Crippen LogP contribution is 2.68. The van der Waals surface area contributed by atoms with Crippen LogP contribution in [0.1, 0.15) is 46.4 Å². The average Bonchev–Trinajstić information content (AvgIpc) is 3.62. The molecular weight excluding hydrogens is 943 g/mol. The van der Waals surface area contributed by atoms with Gasteiger partial charge < -0.3 is 20.0 Å². The van der Waals surface area contributed by atoms with Gasteiger partial charge in [-0.15, -0.1) is 16.4 Å². The highest BCUT2D eigenvalue weighted by atomic mass is 16.3. The Bertz CT molecular complexity index is 4360. The minimum atomic E-state index is -0.880. The normalized spacial score (nSPS) is 19.8. The third-order valence-electron chi connectivity index (χ3n) is 18.2. The second-order valence-corrected chi connectivity index (χ2v) is 22.0. The number of anilines is 4. The van der Waals surface area contributed by atoms with Crippen LogP contribution in [-0.4, -0.2) is 50.0 Å². The van der Waals surface area contributed by atoms with E-state index in [0.717, 1.165) is 89.2 Å². The molecule has 0 saturated carbocycles. The van der Waals surface area contributed by atoms with E-state index in [1.54, 1.807) is 0 Å². The molecule has 78 heavy (non-hydrogen) atoms. The predicted molar refractivity (Wildman–Crippen MR) is 341 cm³/mol. The highest BCUT2D eigenvalue weighted by Gasteiger charge is 2.63. The summed E-state index contributed by atoms with van der Waals surface area (Å²) in [6, 6.07) is 71.4. The van der Waals surface area contributed by atoms with E-state index in [1.807, 2.05) is 6.26 Å². The standard InChI is InChI=1S/C68H53B5N4O/c1-38-35-55(74)76-50-27-12-11-23-46(50)47-31-32-49-56(54-36-42(37-78-54)39-17-5-2-6-18-39)48-26-16-30-53-58(48)68(59(49)66(47)76,34-33-43(38)57-60(69)62(71)64(73)63(72)61(57)70)67-75(53)51-28-13-14-29-52(51)77(67)65-44(40-19-7-3-8-20-40)24-15-25-45(65)41-21-9-4-10-22-41/h2-37,56,67H,69-74H2,1H3/b34-33+,43-38-,55-35+. The SMILES string of the molecule is Bc1c(B)c(B)c(C2=C(C)\C=C(/N)n3c4ccccc4c4ccc5c(c43)C3(\C=C\2)c2c(cccc2N2c4ccccc4N(c4c(-c6ccccc6)cccc4-c4ccccc4)C23)C5c2cc(-c3ccccc3)co2)c(B)c1B. The second kappa shape index (κ2) is 17.3. The number of hydrogen-bond acceptors (Lipinski definition) is 4. The molecule has 5 nitrogen and oxygen atoms in total. The molecule has 3 atom stereocenters. The molecule has 3 aliphatic heterocycles. The molecule has 5 heterocycles. The molecule has 3 unspecified atom stereocenters. The number of furan rings is 1. The number of fused-ring (bicyclic) bond motifs is 7. The molecule has 0 bridgehead atoms. The van der Waals surface area contributed by atoms with Crippen molar-refractivity contribution in [2.45, 2.75) is 24.4 Å². The lowest BCUT2D eigenvalue weighted by Crippen LogP contribution is -2.56. The Morgan fingerprint density at radius 2 is 1.08 bits per heavy atom. The Morgan fingerprint density at radius 1 is 0.513 bits per heavy atom. The largest absolute Gasteiger partial charge is 0.468 e. The predicted octanol–water partition coefficient (Wildman–Crippen LogP) is 7.89. The van der Waals surface area contributed by atoms with Gasteiger partial charge in [-0.3, -0.25) is 4.57 Å². The fourth-order valence-electron chi connectivity index (χ4n) is 14.4. The summed E-state index contributed by atoms with van der Waals surface area (Å²) in [6.07, 6.45) is 8.94. The van der Waals surface area contributed by atoms with Gasteiger partial charge in [0.05, 0.1) is 45.7 Å². The van der Waals surface area contributed by atoms with Crippen molar-refractivity contribution < 1.29 is 4.42 Å². The van der Waals surface area contributed by atoms with Crippen LogP contribution in [0.3, 0.4) is 0 Å². The highest BCUT2D eigenvalue weighted by molar-refractivity contribution is 6.68. The maximum Gasteiger partial charge on any atom is 0.139 e. The molecule has 2 aromatic heterocycles.